The second kappa shape index (κ2) is 7.44. The van der Waals surface area contributed by atoms with Gasteiger partial charge >= 0.3 is 0 Å². The van der Waals surface area contributed by atoms with Gasteiger partial charge in [-0.15, -0.1) is 0 Å². The first kappa shape index (κ1) is 13.2. The van der Waals surface area contributed by atoms with Gasteiger partial charge in [0.2, 0.25) is 0 Å². The van der Waals surface area contributed by atoms with Crippen LogP contribution in [0.3, 0.4) is 0 Å². The largest absolute Gasteiger partial charge is 0.332 e. The molecule has 1 unspecified atom stereocenters. The average Bonchev–Trinajstić information content (AvgIpc) is 2.73. The Bertz CT molecular complexity index is 280. The molecule has 0 aliphatic carbocycles. The first-order chi connectivity index (χ1) is 7.79. The molecule has 0 radical (unpaired) electrons. The minimum Gasteiger partial charge on any atom is -0.332 e. The number of hydrogen-bond acceptors (Lipinski definition) is 2. The summed E-state index contributed by atoms with van der Waals surface area (Å²) in [6.07, 6.45) is 8.75. The molecule has 0 bridgehead atoms. The molecule has 1 heterocycles. The van der Waals surface area contributed by atoms with Crippen molar-refractivity contribution in [3.05, 3.63) is 18.2 Å². The van der Waals surface area contributed by atoms with E-state index in [-0.39, 0.29) is 0 Å². The summed E-state index contributed by atoms with van der Waals surface area (Å²) in [7, 11) is 0. The van der Waals surface area contributed by atoms with Crippen LogP contribution < -0.4 is 5.32 Å². The topological polar surface area (TPSA) is 29.9 Å². The fourth-order valence-corrected chi connectivity index (χ4v) is 2.00. The van der Waals surface area contributed by atoms with Gasteiger partial charge in [-0.2, -0.15) is 0 Å². The van der Waals surface area contributed by atoms with E-state index in [4.69, 9.17) is 0 Å². The first-order valence-electron chi connectivity index (χ1n) is 6.52. The van der Waals surface area contributed by atoms with Crippen LogP contribution in [0.5, 0.6) is 0 Å². The molecule has 1 N–H and O–H groups in total. The van der Waals surface area contributed by atoms with Crippen LogP contribution in [0.1, 0.15) is 51.9 Å². The predicted octanol–water partition coefficient (Wildman–Crippen LogP) is 2.79. The summed E-state index contributed by atoms with van der Waals surface area (Å²) >= 11 is 0. The van der Waals surface area contributed by atoms with Crippen molar-refractivity contribution in [3.63, 3.8) is 0 Å². The molecule has 1 aromatic heterocycles. The monoisotopic (exact) mass is 223 g/mol. The highest BCUT2D eigenvalue weighted by Crippen LogP contribution is 2.15. The highest BCUT2D eigenvalue weighted by molar-refractivity contribution is 4.94. The zero-order valence-corrected chi connectivity index (χ0v) is 10.9. The van der Waals surface area contributed by atoms with E-state index in [1.54, 1.807) is 0 Å². The second-order valence-corrected chi connectivity index (χ2v) is 4.35. The van der Waals surface area contributed by atoms with Gasteiger partial charge < -0.3 is 9.88 Å². The Hall–Kier alpha value is -0.830. The van der Waals surface area contributed by atoms with Crippen molar-refractivity contribution >= 4 is 0 Å². The van der Waals surface area contributed by atoms with Crippen molar-refractivity contribution in [2.75, 3.05) is 13.1 Å². The van der Waals surface area contributed by atoms with E-state index >= 15 is 0 Å². The average molecular weight is 223 g/mol. The van der Waals surface area contributed by atoms with Gasteiger partial charge in [0.1, 0.15) is 5.82 Å². The van der Waals surface area contributed by atoms with Crippen LogP contribution in [-0.2, 0) is 6.42 Å². The van der Waals surface area contributed by atoms with Gasteiger partial charge in [-0.1, -0.05) is 13.8 Å². The van der Waals surface area contributed by atoms with Crippen LogP contribution in [0.25, 0.3) is 0 Å². The maximum Gasteiger partial charge on any atom is 0.108 e. The molecule has 0 aliphatic rings. The molecular weight excluding hydrogens is 198 g/mol. The first-order valence-corrected chi connectivity index (χ1v) is 6.52. The summed E-state index contributed by atoms with van der Waals surface area (Å²) < 4.78 is 2.33. The minimum atomic E-state index is 0.572. The molecule has 3 nitrogen and oxygen atoms in total. The van der Waals surface area contributed by atoms with Gasteiger partial charge in [0.15, 0.2) is 0 Å². The Balaban J connectivity index is 2.39. The third-order valence-corrected chi connectivity index (χ3v) is 2.92. The smallest absolute Gasteiger partial charge is 0.108 e. The van der Waals surface area contributed by atoms with Crippen molar-refractivity contribution in [2.45, 2.75) is 52.5 Å². The number of imidazole rings is 1. The molecule has 0 aromatic carbocycles. The van der Waals surface area contributed by atoms with Gasteiger partial charge in [-0.25, -0.2) is 4.98 Å². The van der Waals surface area contributed by atoms with E-state index in [0.717, 1.165) is 19.5 Å². The summed E-state index contributed by atoms with van der Waals surface area (Å²) in [5.74, 6) is 1.23. The van der Waals surface area contributed by atoms with E-state index in [0.29, 0.717) is 6.04 Å². The molecule has 1 aromatic rings. The van der Waals surface area contributed by atoms with E-state index in [1.807, 2.05) is 6.20 Å². The molecule has 0 saturated carbocycles. The van der Waals surface area contributed by atoms with Gasteiger partial charge in [0.25, 0.3) is 0 Å². The van der Waals surface area contributed by atoms with Crippen LogP contribution >= 0.6 is 0 Å². The van der Waals surface area contributed by atoms with E-state index in [2.05, 4.69) is 41.8 Å². The van der Waals surface area contributed by atoms with Crippen molar-refractivity contribution in [3.8, 4) is 0 Å². The number of hydrogen-bond donors (Lipinski definition) is 1. The highest BCUT2D eigenvalue weighted by Gasteiger charge is 2.08. The quantitative estimate of drug-likeness (QED) is 0.687. The third kappa shape index (κ3) is 3.97. The Morgan fingerprint density at radius 2 is 2.25 bits per heavy atom. The normalized spacial score (nSPS) is 12.9. The van der Waals surface area contributed by atoms with E-state index in [1.165, 1.54) is 25.1 Å². The summed E-state index contributed by atoms with van der Waals surface area (Å²) in [4.78, 5) is 4.42. The summed E-state index contributed by atoms with van der Waals surface area (Å²) in [5.41, 5.74) is 0. The number of nitrogens with zero attached hydrogens (tertiary/aromatic N) is 2. The lowest BCUT2D eigenvalue weighted by molar-refractivity contribution is 0.463. The van der Waals surface area contributed by atoms with Crippen molar-refractivity contribution in [2.24, 2.45) is 0 Å². The molecule has 0 fully saturated rings. The van der Waals surface area contributed by atoms with Crippen LogP contribution in [0.2, 0.25) is 0 Å². The molecule has 16 heavy (non-hydrogen) atoms. The van der Waals surface area contributed by atoms with Crippen LogP contribution in [0, 0.1) is 0 Å². The third-order valence-electron chi connectivity index (χ3n) is 2.92. The number of nitrogens with one attached hydrogen (secondary N) is 1. The molecule has 0 aliphatic heterocycles. The summed E-state index contributed by atoms with van der Waals surface area (Å²) in [6.45, 7) is 8.83. The van der Waals surface area contributed by atoms with Gasteiger partial charge in [0.05, 0.1) is 0 Å². The van der Waals surface area contributed by atoms with Crippen molar-refractivity contribution in [1.82, 2.24) is 14.9 Å². The fraction of sp³-hybridized carbons (Fsp3) is 0.769. The molecule has 0 saturated heterocycles. The molecule has 0 spiro atoms. The lowest BCUT2D eigenvalue weighted by Gasteiger charge is -2.16. The van der Waals surface area contributed by atoms with E-state index < -0.39 is 0 Å². The number of aryl methyl sites for hydroxylation is 1. The molecule has 1 rings (SSSR count). The lowest BCUT2D eigenvalue weighted by Crippen LogP contribution is -2.16. The number of aromatic nitrogens is 2. The molecule has 0 amide bonds. The van der Waals surface area contributed by atoms with Crippen LogP contribution in [0.15, 0.2) is 12.4 Å². The lowest BCUT2D eigenvalue weighted by atomic mass is 10.1. The molecule has 92 valence electrons. The maximum atomic E-state index is 4.42. The number of rotatable bonds is 8. The molecule has 3 heteroatoms. The SMILES string of the molecule is CCCc1nccn1C(C)CCCNCC. The summed E-state index contributed by atoms with van der Waals surface area (Å²) in [6, 6.07) is 0.572. The Labute approximate surface area is 99.3 Å². The van der Waals surface area contributed by atoms with Gasteiger partial charge in [0, 0.05) is 24.9 Å². The van der Waals surface area contributed by atoms with Crippen molar-refractivity contribution < 1.29 is 0 Å². The highest BCUT2D eigenvalue weighted by atomic mass is 15.1. The van der Waals surface area contributed by atoms with E-state index in [9.17, 15) is 0 Å². The zero-order chi connectivity index (χ0) is 11.8. The second-order valence-electron chi connectivity index (χ2n) is 4.35. The van der Waals surface area contributed by atoms with Crippen LogP contribution in [0.4, 0.5) is 0 Å². The fourth-order valence-electron chi connectivity index (χ4n) is 2.00. The van der Waals surface area contributed by atoms with Gasteiger partial charge in [-0.05, 0) is 39.3 Å². The maximum absolute atomic E-state index is 4.42. The Morgan fingerprint density at radius 3 is 2.94 bits per heavy atom. The van der Waals surface area contributed by atoms with Crippen molar-refractivity contribution in [1.29, 1.82) is 0 Å². The predicted molar refractivity (Wildman–Crippen MR) is 68.7 cm³/mol. The summed E-state index contributed by atoms with van der Waals surface area (Å²) in [5, 5.41) is 3.36. The molecule has 1 atom stereocenters. The Morgan fingerprint density at radius 1 is 1.44 bits per heavy atom. The zero-order valence-electron chi connectivity index (χ0n) is 10.9. The van der Waals surface area contributed by atoms with Gasteiger partial charge in [-0.3, -0.25) is 0 Å². The van der Waals surface area contributed by atoms with Crippen LogP contribution in [-0.4, -0.2) is 22.6 Å². The standard InChI is InChI=1S/C13H25N3/c1-4-7-13-15-10-11-16(13)12(3)8-6-9-14-5-2/h10-12,14H,4-9H2,1-3H3. The Kier molecular flexibility index (Phi) is 6.16. The minimum absolute atomic E-state index is 0.572. The molecular formula is C13H25N3.